The zero-order valence-corrected chi connectivity index (χ0v) is 20.7. The van der Waals surface area contributed by atoms with Gasteiger partial charge in [-0.05, 0) is 32.0 Å². The number of carbonyl (C=O) groups is 1. The molecule has 0 fully saturated rings. The monoisotopic (exact) mass is 474 g/mol. The molecule has 4 N–H and O–H groups in total. The van der Waals surface area contributed by atoms with Crippen LogP contribution in [0.3, 0.4) is 0 Å². The van der Waals surface area contributed by atoms with Gasteiger partial charge in [0.1, 0.15) is 5.01 Å². The normalized spacial score (nSPS) is 9.88. The van der Waals surface area contributed by atoms with E-state index in [1.165, 1.54) is 11.3 Å². The molecule has 2 aromatic heterocycles. The number of hydrogen-bond donors (Lipinski definition) is 3. The highest BCUT2D eigenvalue weighted by molar-refractivity contribution is 7.09. The van der Waals surface area contributed by atoms with Crippen molar-refractivity contribution in [3.05, 3.63) is 45.7 Å². The van der Waals surface area contributed by atoms with Crippen LogP contribution in [0.15, 0.2) is 28.0 Å². The third-order valence-electron chi connectivity index (χ3n) is 3.63. The van der Waals surface area contributed by atoms with Crippen molar-refractivity contribution in [2.45, 2.75) is 61.6 Å². The van der Waals surface area contributed by atoms with Crippen LogP contribution in [0.1, 0.15) is 75.0 Å². The van der Waals surface area contributed by atoms with Crippen molar-refractivity contribution in [2.24, 2.45) is 5.73 Å². The Balaban J connectivity index is 0. The third kappa shape index (κ3) is 9.85. The standard InChI is InChI=1S/C17H20N6O2S.2C2H6.C2H2.CH4/c1-9-8-26-14(21-9)7-20-15(24)11-4-12(6-13(5-11)19-3)17-23-22-16(25-17)10(2)18;3*1-2;/h4-6,8,10,19H,7,18H2,1-3H3,(H,20,24);2*1-2H3;1-2H;1H4/t10-;;;;/m0..../s1. The number of aryl methyl sites for hydroxylation is 1. The summed E-state index contributed by atoms with van der Waals surface area (Å²) in [5.41, 5.74) is 8.60. The fourth-order valence-corrected chi connectivity index (χ4v) is 3.02. The van der Waals surface area contributed by atoms with Crippen molar-refractivity contribution in [1.82, 2.24) is 20.5 Å². The second-order valence-electron chi connectivity index (χ2n) is 5.85. The molecule has 0 aliphatic heterocycles. The lowest BCUT2D eigenvalue weighted by molar-refractivity contribution is 0.0951. The number of nitrogens with one attached hydrogen (secondary N) is 2. The molecule has 0 aliphatic carbocycles. The van der Waals surface area contributed by atoms with Crippen molar-refractivity contribution in [1.29, 1.82) is 0 Å². The Labute approximate surface area is 202 Å². The molecule has 0 saturated carbocycles. The van der Waals surface area contributed by atoms with E-state index in [1.807, 2.05) is 46.1 Å². The minimum Gasteiger partial charge on any atom is -0.419 e. The summed E-state index contributed by atoms with van der Waals surface area (Å²) in [6.45, 7) is 12.1. The molecule has 33 heavy (non-hydrogen) atoms. The maximum Gasteiger partial charge on any atom is 0.251 e. The van der Waals surface area contributed by atoms with E-state index >= 15 is 0 Å². The van der Waals surface area contributed by atoms with Crippen LogP contribution in [0.25, 0.3) is 11.5 Å². The van der Waals surface area contributed by atoms with Gasteiger partial charge in [-0.2, -0.15) is 0 Å². The minimum absolute atomic E-state index is 0. The van der Waals surface area contributed by atoms with Gasteiger partial charge in [-0.15, -0.1) is 34.4 Å². The van der Waals surface area contributed by atoms with Crippen molar-refractivity contribution in [3.8, 4) is 24.3 Å². The van der Waals surface area contributed by atoms with Crippen LogP contribution in [0.2, 0.25) is 0 Å². The lowest BCUT2D eigenvalue weighted by atomic mass is 10.1. The summed E-state index contributed by atoms with van der Waals surface area (Å²) in [7, 11) is 1.78. The quantitative estimate of drug-likeness (QED) is 0.407. The second-order valence-corrected chi connectivity index (χ2v) is 6.79. The number of nitrogens with two attached hydrogens (primary N) is 1. The first kappa shape index (κ1) is 32.0. The highest BCUT2D eigenvalue weighted by Crippen LogP contribution is 2.25. The van der Waals surface area contributed by atoms with Gasteiger partial charge in [0.25, 0.3) is 5.91 Å². The molecule has 0 unspecified atom stereocenters. The van der Waals surface area contributed by atoms with Crippen LogP contribution in [-0.2, 0) is 6.54 Å². The van der Waals surface area contributed by atoms with Crippen LogP contribution in [0.4, 0.5) is 5.69 Å². The number of thiazole rings is 1. The first-order valence-corrected chi connectivity index (χ1v) is 11.3. The Bertz CT molecular complexity index is 963. The highest BCUT2D eigenvalue weighted by Gasteiger charge is 2.15. The fourth-order valence-electron chi connectivity index (χ4n) is 2.30. The number of anilines is 1. The molecule has 3 aromatic rings. The van der Waals surface area contributed by atoms with Crippen molar-refractivity contribution in [2.75, 3.05) is 12.4 Å². The topological polar surface area (TPSA) is 119 Å². The van der Waals surface area contributed by atoms with Gasteiger partial charge in [0, 0.05) is 34.9 Å². The summed E-state index contributed by atoms with van der Waals surface area (Å²) in [4.78, 5) is 16.9. The molecule has 8 nitrogen and oxygen atoms in total. The summed E-state index contributed by atoms with van der Waals surface area (Å²) in [6.07, 6.45) is 8.00. The van der Waals surface area contributed by atoms with E-state index in [1.54, 1.807) is 26.1 Å². The van der Waals surface area contributed by atoms with E-state index in [2.05, 4.69) is 38.7 Å². The number of hydrogen-bond acceptors (Lipinski definition) is 8. The molecule has 0 radical (unpaired) electrons. The zero-order chi connectivity index (χ0) is 24.7. The summed E-state index contributed by atoms with van der Waals surface area (Å²) in [5.74, 6) is 0.460. The molecular formula is C24H38N6O2S. The zero-order valence-electron chi connectivity index (χ0n) is 19.9. The average Bonchev–Trinajstić information content (AvgIpc) is 3.50. The molecule has 182 valence electrons. The van der Waals surface area contributed by atoms with Gasteiger partial charge in [-0.3, -0.25) is 4.79 Å². The minimum atomic E-state index is -0.353. The van der Waals surface area contributed by atoms with Crippen molar-refractivity contribution >= 4 is 22.9 Å². The molecule has 2 heterocycles. The molecule has 1 aromatic carbocycles. The van der Waals surface area contributed by atoms with Gasteiger partial charge >= 0.3 is 0 Å². The Morgan fingerprint density at radius 2 is 1.82 bits per heavy atom. The SMILES string of the molecule is C.C#C.CC.CC.CNc1cc(C(=O)NCc2nc(C)cs2)cc(-c2nnc([C@H](C)N)o2)c1. The van der Waals surface area contributed by atoms with Crippen molar-refractivity contribution in [3.63, 3.8) is 0 Å². The van der Waals surface area contributed by atoms with Crippen LogP contribution in [0.5, 0.6) is 0 Å². The summed E-state index contributed by atoms with van der Waals surface area (Å²) in [6, 6.07) is 4.95. The van der Waals surface area contributed by atoms with E-state index in [0.717, 1.165) is 16.4 Å². The molecule has 0 aliphatic rings. The number of amides is 1. The number of benzene rings is 1. The van der Waals surface area contributed by atoms with Gasteiger partial charge in [-0.25, -0.2) is 4.98 Å². The Hall–Kier alpha value is -3.22. The maximum absolute atomic E-state index is 12.5. The Morgan fingerprint density at radius 3 is 2.30 bits per heavy atom. The lowest BCUT2D eigenvalue weighted by Crippen LogP contribution is -2.22. The number of aromatic nitrogens is 3. The first-order valence-electron chi connectivity index (χ1n) is 10.4. The van der Waals surface area contributed by atoms with E-state index < -0.39 is 0 Å². The summed E-state index contributed by atoms with van der Waals surface area (Å²) < 4.78 is 5.58. The van der Waals surface area contributed by atoms with E-state index in [-0.39, 0.29) is 19.4 Å². The van der Waals surface area contributed by atoms with Crippen molar-refractivity contribution < 1.29 is 9.21 Å². The van der Waals surface area contributed by atoms with Gasteiger partial charge in [0.2, 0.25) is 11.8 Å². The smallest absolute Gasteiger partial charge is 0.251 e. The predicted octanol–water partition coefficient (Wildman–Crippen LogP) is 5.43. The molecule has 0 spiro atoms. The average molecular weight is 475 g/mol. The van der Waals surface area contributed by atoms with E-state index in [4.69, 9.17) is 10.2 Å². The third-order valence-corrected chi connectivity index (χ3v) is 4.59. The van der Waals surface area contributed by atoms with Crippen LogP contribution < -0.4 is 16.4 Å². The van der Waals surface area contributed by atoms with Gasteiger partial charge in [-0.1, -0.05) is 35.1 Å². The summed E-state index contributed by atoms with van der Waals surface area (Å²) >= 11 is 1.52. The number of nitrogens with zero attached hydrogens (tertiary/aromatic N) is 3. The van der Waals surface area contributed by atoms with Crippen LogP contribution in [-0.4, -0.2) is 28.1 Å². The Kier molecular flexibility index (Phi) is 16.8. The number of terminal acetylenes is 1. The predicted molar refractivity (Wildman–Crippen MR) is 139 cm³/mol. The fraction of sp³-hybridized carbons (Fsp3) is 0.417. The van der Waals surface area contributed by atoms with Crippen LogP contribution in [0, 0.1) is 19.8 Å². The largest absolute Gasteiger partial charge is 0.419 e. The summed E-state index contributed by atoms with van der Waals surface area (Å²) in [5, 5.41) is 16.7. The molecule has 1 amide bonds. The Morgan fingerprint density at radius 1 is 1.18 bits per heavy atom. The lowest BCUT2D eigenvalue weighted by Gasteiger charge is -2.08. The molecular weight excluding hydrogens is 436 g/mol. The van der Waals surface area contributed by atoms with Gasteiger partial charge in [0.05, 0.1) is 12.6 Å². The second kappa shape index (κ2) is 17.3. The number of carbonyl (C=O) groups excluding carboxylic acids is 1. The maximum atomic E-state index is 12.5. The molecule has 0 saturated heterocycles. The molecule has 3 rings (SSSR count). The first-order chi connectivity index (χ1) is 15.5. The van der Waals surface area contributed by atoms with E-state index in [9.17, 15) is 4.79 Å². The molecule has 1 atom stereocenters. The van der Waals surface area contributed by atoms with Crippen LogP contribution >= 0.6 is 11.3 Å². The number of rotatable bonds is 6. The van der Waals surface area contributed by atoms with Gasteiger partial charge in [0.15, 0.2) is 0 Å². The molecule has 0 bridgehead atoms. The molecule has 9 heteroatoms. The van der Waals surface area contributed by atoms with E-state index in [0.29, 0.717) is 29.5 Å². The highest BCUT2D eigenvalue weighted by atomic mass is 32.1. The van der Waals surface area contributed by atoms with Gasteiger partial charge < -0.3 is 20.8 Å².